The molecule has 18 heavy (non-hydrogen) atoms. The summed E-state index contributed by atoms with van der Waals surface area (Å²) in [6, 6.07) is 5.01. The molecule has 3 nitrogen and oxygen atoms in total. The Hall–Kier alpha value is -1.13. The van der Waals surface area contributed by atoms with E-state index in [9.17, 15) is 4.39 Å². The van der Waals surface area contributed by atoms with Crippen LogP contribution in [-0.2, 0) is 4.74 Å². The molecule has 1 N–H and O–H groups in total. The van der Waals surface area contributed by atoms with E-state index in [0.717, 1.165) is 37.2 Å². The molecule has 1 aromatic carbocycles. The maximum absolute atomic E-state index is 13.8. The number of nitrogens with one attached hydrogen (secondary N) is 1. The summed E-state index contributed by atoms with van der Waals surface area (Å²) in [7, 11) is 1.63. The fourth-order valence-corrected chi connectivity index (χ4v) is 2.30. The van der Waals surface area contributed by atoms with Gasteiger partial charge in [-0.2, -0.15) is 0 Å². The van der Waals surface area contributed by atoms with Crippen molar-refractivity contribution in [3.05, 3.63) is 29.6 Å². The highest BCUT2D eigenvalue weighted by molar-refractivity contribution is 5.32. The largest absolute Gasteiger partial charge is 0.491 e. The zero-order valence-electron chi connectivity index (χ0n) is 10.7. The molecule has 0 saturated carbocycles. The molecule has 0 radical (unpaired) electrons. The maximum atomic E-state index is 13.8. The molecule has 0 bridgehead atoms. The van der Waals surface area contributed by atoms with Gasteiger partial charge in [-0.3, -0.25) is 0 Å². The topological polar surface area (TPSA) is 30.5 Å². The van der Waals surface area contributed by atoms with Gasteiger partial charge in [0.2, 0.25) is 0 Å². The quantitative estimate of drug-likeness (QED) is 0.817. The Morgan fingerprint density at radius 3 is 2.78 bits per heavy atom. The van der Waals surface area contributed by atoms with Crippen molar-refractivity contribution in [3.63, 3.8) is 0 Å². The van der Waals surface area contributed by atoms with E-state index in [1.807, 2.05) is 6.07 Å². The second-order valence-electron chi connectivity index (χ2n) is 4.55. The van der Waals surface area contributed by atoms with Crippen LogP contribution in [0.3, 0.4) is 0 Å². The van der Waals surface area contributed by atoms with Gasteiger partial charge >= 0.3 is 0 Å². The van der Waals surface area contributed by atoms with Gasteiger partial charge < -0.3 is 14.8 Å². The monoisotopic (exact) mass is 253 g/mol. The highest BCUT2D eigenvalue weighted by Crippen LogP contribution is 2.30. The third-order valence-corrected chi connectivity index (χ3v) is 3.30. The Labute approximate surface area is 107 Å². The van der Waals surface area contributed by atoms with Gasteiger partial charge in [-0.1, -0.05) is 0 Å². The molecular weight excluding hydrogens is 233 g/mol. The molecule has 0 spiro atoms. The van der Waals surface area contributed by atoms with Gasteiger partial charge in [-0.15, -0.1) is 0 Å². The van der Waals surface area contributed by atoms with Crippen LogP contribution in [0, 0.1) is 5.82 Å². The summed E-state index contributed by atoms with van der Waals surface area (Å²) in [5.74, 6) is 0.903. The first-order chi connectivity index (χ1) is 8.81. The standard InChI is InChI=1S/C14H20FNO2/c1-17-8-9-18-12-2-3-14(15)13(10-12)11-4-6-16-7-5-11/h2-3,10-11,16H,4-9H2,1H3. The molecule has 1 saturated heterocycles. The molecule has 0 amide bonds. The van der Waals surface area contributed by atoms with Crippen molar-refractivity contribution in [2.45, 2.75) is 18.8 Å². The first-order valence-corrected chi connectivity index (χ1v) is 6.43. The van der Waals surface area contributed by atoms with Crippen LogP contribution in [0.2, 0.25) is 0 Å². The predicted octanol–water partition coefficient (Wildman–Crippen LogP) is 2.32. The molecule has 1 aliphatic heterocycles. The maximum Gasteiger partial charge on any atom is 0.126 e. The number of ether oxygens (including phenoxy) is 2. The Morgan fingerprint density at radius 2 is 2.06 bits per heavy atom. The van der Waals surface area contributed by atoms with Gasteiger partial charge in [0.15, 0.2) is 0 Å². The number of halogens is 1. The highest BCUT2D eigenvalue weighted by atomic mass is 19.1. The molecule has 0 atom stereocenters. The normalized spacial score (nSPS) is 16.8. The zero-order valence-corrected chi connectivity index (χ0v) is 10.7. The van der Waals surface area contributed by atoms with E-state index in [4.69, 9.17) is 9.47 Å². The number of hydrogen-bond donors (Lipinski definition) is 1. The van der Waals surface area contributed by atoms with Crippen molar-refractivity contribution < 1.29 is 13.9 Å². The van der Waals surface area contributed by atoms with Crippen LogP contribution >= 0.6 is 0 Å². The first-order valence-electron chi connectivity index (χ1n) is 6.43. The molecule has 0 aromatic heterocycles. The lowest BCUT2D eigenvalue weighted by molar-refractivity contribution is 0.146. The van der Waals surface area contributed by atoms with Crippen molar-refractivity contribution in [3.8, 4) is 5.75 Å². The summed E-state index contributed by atoms with van der Waals surface area (Å²) in [5.41, 5.74) is 0.784. The third-order valence-electron chi connectivity index (χ3n) is 3.30. The van der Waals surface area contributed by atoms with E-state index in [1.54, 1.807) is 13.2 Å². The van der Waals surface area contributed by atoms with Crippen LogP contribution in [0.1, 0.15) is 24.3 Å². The average Bonchev–Trinajstić information content (AvgIpc) is 2.42. The minimum atomic E-state index is -0.124. The van der Waals surface area contributed by atoms with Crippen LogP contribution in [0.15, 0.2) is 18.2 Å². The fraction of sp³-hybridized carbons (Fsp3) is 0.571. The van der Waals surface area contributed by atoms with Crippen molar-refractivity contribution in [2.24, 2.45) is 0 Å². The number of benzene rings is 1. The molecule has 2 rings (SSSR count). The zero-order chi connectivity index (χ0) is 12.8. The van der Waals surface area contributed by atoms with Crippen LogP contribution in [0.25, 0.3) is 0 Å². The van der Waals surface area contributed by atoms with Gasteiger partial charge in [0.05, 0.1) is 6.61 Å². The lowest BCUT2D eigenvalue weighted by Crippen LogP contribution is -2.27. The highest BCUT2D eigenvalue weighted by Gasteiger charge is 2.19. The SMILES string of the molecule is COCCOc1ccc(F)c(C2CCNCC2)c1. The molecule has 1 heterocycles. The van der Waals surface area contributed by atoms with Crippen molar-refractivity contribution >= 4 is 0 Å². The molecule has 100 valence electrons. The van der Waals surface area contributed by atoms with Crippen LogP contribution in [0.5, 0.6) is 5.75 Å². The second kappa shape index (κ2) is 6.71. The second-order valence-corrected chi connectivity index (χ2v) is 4.55. The number of rotatable bonds is 5. The van der Waals surface area contributed by atoms with Crippen LogP contribution in [0.4, 0.5) is 4.39 Å². The van der Waals surface area contributed by atoms with Gasteiger partial charge in [0, 0.05) is 7.11 Å². The Balaban J connectivity index is 2.05. The molecule has 1 fully saturated rings. The summed E-state index contributed by atoms with van der Waals surface area (Å²) >= 11 is 0. The minimum Gasteiger partial charge on any atom is -0.491 e. The third kappa shape index (κ3) is 3.43. The van der Waals surface area contributed by atoms with Crippen LogP contribution < -0.4 is 10.1 Å². The van der Waals surface area contributed by atoms with E-state index in [2.05, 4.69) is 5.32 Å². The van der Waals surface area contributed by atoms with E-state index in [-0.39, 0.29) is 5.82 Å². The first kappa shape index (κ1) is 13.3. The molecule has 0 unspecified atom stereocenters. The Kier molecular flexibility index (Phi) is 4.96. The van der Waals surface area contributed by atoms with E-state index >= 15 is 0 Å². The Morgan fingerprint density at radius 1 is 1.28 bits per heavy atom. The molecular formula is C14H20FNO2. The number of piperidine rings is 1. The van der Waals surface area contributed by atoms with E-state index < -0.39 is 0 Å². The van der Waals surface area contributed by atoms with Gasteiger partial charge in [0.1, 0.15) is 18.2 Å². The summed E-state index contributed by atoms with van der Waals surface area (Å²) < 4.78 is 24.3. The molecule has 0 aliphatic carbocycles. The summed E-state index contributed by atoms with van der Waals surface area (Å²) in [6.07, 6.45) is 1.97. The van der Waals surface area contributed by atoms with Crippen molar-refractivity contribution in [1.29, 1.82) is 0 Å². The van der Waals surface area contributed by atoms with Gasteiger partial charge in [0.25, 0.3) is 0 Å². The molecule has 1 aromatic rings. The fourth-order valence-electron chi connectivity index (χ4n) is 2.30. The summed E-state index contributed by atoms with van der Waals surface area (Å²) in [6.45, 7) is 2.95. The average molecular weight is 253 g/mol. The number of methoxy groups -OCH3 is 1. The summed E-state index contributed by atoms with van der Waals surface area (Å²) in [4.78, 5) is 0. The smallest absolute Gasteiger partial charge is 0.126 e. The van der Waals surface area contributed by atoms with E-state index in [0.29, 0.717) is 19.1 Å². The lowest BCUT2D eigenvalue weighted by atomic mass is 9.90. The van der Waals surface area contributed by atoms with Gasteiger partial charge in [-0.05, 0) is 55.6 Å². The lowest BCUT2D eigenvalue weighted by Gasteiger charge is -2.23. The Bertz CT molecular complexity index is 378. The predicted molar refractivity (Wildman–Crippen MR) is 68.6 cm³/mol. The van der Waals surface area contributed by atoms with Crippen molar-refractivity contribution in [1.82, 2.24) is 5.32 Å². The number of hydrogen-bond acceptors (Lipinski definition) is 3. The minimum absolute atomic E-state index is 0.124. The van der Waals surface area contributed by atoms with Crippen LogP contribution in [-0.4, -0.2) is 33.4 Å². The summed E-state index contributed by atoms with van der Waals surface area (Å²) in [5, 5.41) is 3.29. The van der Waals surface area contributed by atoms with Crippen molar-refractivity contribution in [2.75, 3.05) is 33.4 Å². The molecule has 4 heteroatoms. The molecule has 1 aliphatic rings. The van der Waals surface area contributed by atoms with Gasteiger partial charge in [-0.25, -0.2) is 4.39 Å². The van der Waals surface area contributed by atoms with E-state index in [1.165, 1.54) is 6.07 Å².